The van der Waals surface area contributed by atoms with E-state index in [0.717, 1.165) is 6.42 Å². The molecule has 42 valence electrons. The Morgan fingerprint density at radius 1 is 1.86 bits per heavy atom. The van der Waals surface area contributed by atoms with E-state index in [4.69, 9.17) is 16.2 Å². The summed E-state index contributed by atoms with van der Waals surface area (Å²) in [5, 5.41) is 8.29. The van der Waals surface area contributed by atoms with Crippen LogP contribution in [-0.4, -0.2) is 6.61 Å². The van der Waals surface area contributed by atoms with Gasteiger partial charge in [-0.15, -0.1) is 0 Å². The average molecular weight is 140 g/mol. The second-order valence-electron chi connectivity index (χ2n) is 1.06. The highest BCUT2D eigenvalue weighted by molar-refractivity contribution is 7.68. The van der Waals surface area contributed by atoms with Crippen molar-refractivity contribution in [2.24, 2.45) is 0 Å². The Morgan fingerprint density at radius 2 is 2.43 bits per heavy atom. The minimum absolute atomic E-state index is 0.547. The smallest absolute Gasteiger partial charge is 0.284 e. The van der Waals surface area contributed by atoms with Gasteiger partial charge in [0.25, 0.3) is 7.14 Å². The molecule has 0 N–H and O–H groups in total. The summed E-state index contributed by atoms with van der Waals surface area (Å²) in [5.74, 6) is 0. The molecule has 0 fully saturated rings. The highest BCUT2D eigenvalue weighted by Crippen LogP contribution is 2.23. The molecule has 0 aromatic rings. The lowest BCUT2D eigenvalue weighted by Crippen LogP contribution is -1.76. The SMILES string of the molecule is CCCOP(#N)Cl. The highest BCUT2D eigenvalue weighted by Gasteiger charge is 1.84. The van der Waals surface area contributed by atoms with Gasteiger partial charge in [0.2, 0.25) is 0 Å². The van der Waals surface area contributed by atoms with Gasteiger partial charge in [-0.3, -0.25) is 4.52 Å². The fourth-order valence-electron chi connectivity index (χ4n) is 0.167. The first kappa shape index (κ1) is 7.26. The van der Waals surface area contributed by atoms with E-state index in [1.165, 1.54) is 0 Å². The van der Waals surface area contributed by atoms with Crippen LogP contribution in [0.25, 0.3) is 0 Å². The minimum atomic E-state index is -1.63. The van der Waals surface area contributed by atoms with Crippen LogP contribution >= 0.6 is 18.4 Å². The summed E-state index contributed by atoms with van der Waals surface area (Å²) in [4.78, 5) is 0. The van der Waals surface area contributed by atoms with E-state index in [2.05, 4.69) is 4.52 Å². The second-order valence-corrected chi connectivity index (χ2v) is 2.64. The summed E-state index contributed by atoms with van der Waals surface area (Å²) < 4.78 is 4.58. The van der Waals surface area contributed by atoms with Gasteiger partial charge in [0, 0.05) is 0 Å². The van der Waals surface area contributed by atoms with Crippen molar-refractivity contribution in [1.82, 2.24) is 0 Å². The first-order valence-corrected chi connectivity index (χ1v) is 4.16. The lowest BCUT2D eigenvalue weighted by molar-refractivity contribution is 0.364. The van der Waals surface area contributed by atoms with Crippen LogP contribution in [0.2, 0.25) is 0 Å². The fourth-order valence-corrected chi connectivity index (χ4v) is 0.707. The van der Waals surface area contributed by atoms with E-state index in [9.17, 15) is 0 Å². The number of rotatable bonds is 2. The third-order valence-corrected chi connectivity index (χ3v) is 1.09. The summed E-state index contributed by atoms with van der Waals surface area (Å²) in [6.07, 6.45) is 0.895. The number of halogens is 1. The van der Waals surface area contributed by atoms with Crippen LogP contribution in [-0.2, 0) is 4.52 Å². The number of hydrogen-bond donors (Lipinski definition) is 0. The van der Waals surface area contributed by atoms with Crippen molar-refractivity contribution in [3.63, 3.8) is 0 Å². The molecule has 0 aromatic carbocycles. The first-order valence-electron chi connectivity index (χ1n) is 2.05. The zero-order valence-electron chi connectivity index (χ0n) is 4.09. The van der Waals surface area contributed by atoms with Gasteiger partial charge in [0.05, 0.1) is 6.61 Å². The predicted octanol–water partition coefficient (Wildman–Crippen LogP) is 2.44. The molecule has 0 saturated heterocycles. The molecule has 7 heavy (non-hydrogen) atoms. The van der Waals surface area contributed by atoms with E-state index < -0.39 is 7.14 Å². The van der Waals surface area contributed by atoms with Crippen molar-refractivity contribution in [2.45, 2.75) is 13.3 Å². The maximum atomic E-state index is 8.29. The molecule has 0 saturated carbocycles. The van der Waals surface area contributed by atoms with Crippen LogP contribution in [0.4, 0.5) is 0 Å². The largest absolute Gasteiger partial charge is 0.297 e. The van der Waals surface area contributed by atoms with E-state index >= 15 is 0 Å². The Hall–Kier alpha value is 0.260. The summed E-state index contributed by atoms with van der Waals surface area (Å²) in [6.45, 7) is 2.50. The Morgan fingerprint density at radius 3 is 2.57 bits per heavy atom. The van der Waals surface area contributed by atoms with Crippen LogP contribution in [0.15, 0.2) is 0 Å². The monoisotopic (exact) mass is 139 g/mol. The van der Waals surface area contributed by atoms with Crippen LogP contribution in [0, 0.1) is 5.00 Å². The molecular weight excluding hydrogens is 132 g/mol. The summed E-state index contributed by atoms with van der Waals surface area (Å²) in [5.41, 5.74) is 0. The Kier molecular flexibility index (Phi) is 4.58. The molecule has 0 aliphatic carbocycles. The molecule has 0 spiro atoms. The molecule has 0 radical (unpaired) electrons. The predicted molar refractivity (Wildman–Crippen MR) is 30.7 cm³/mol. The summed E-state index contributed by atoms with van der Waals surface area (Å²) in [6, 6.07) is 0. The van der Waals surface area contributed by atoms with Crippen LogP contribution in [0.3, 0.4) is 0 Å². The molecule has 0 rings (SSSR count). The topological polar surface area (TPSA) is 33.0 Å². The summed E-state index contributed by atoms with van der Waals surface area (Å²) in [7, 11) is -1.63. The second kappa shape index (κ2) is 4.42. The molecule has 1 unspecified atom stereocenters. The van der Waals surface area contributed by atoms with Gasteiger partial charge < -0.3 is 0 Å². The third-order valence-electron chi connectivity index (χ3n) is 0.402. The Balaban J connectivity index is 2.88. The van der Waals surface area contributed by atoms with Crippen molar-refractivity contribution in [3.8, 4) is 0 Å². The van der Waals surface area contributed by atoms with Gasteiger partial charge in [0.1, 0.15) is 0 Å². The molecular formula is C3H7ClNOP. The number of nitrogens with zero attached hydrogens (tertiary/aromatic N) is 1. The van der Waals surface area contributed by atoms with E-state index in [0.29, 0.717) is 6.61 Å². The van der Waals surface area contributed by atoms with Gasteiger partial charge in [-0.1, -0.05) is 6.92 Å². The van der Waals surface area contributed by atoms with Gasteiger partial charge in [-0.25, -0.2) is 0 Å². The molecule has 0 heterocycles. The van der Waals surface area contributed by atoms with Gasteiger partial charge in [0.15, 0.2) is 0 Å². The molecule has 1 atom stereocenters. The van der Waals surface area contributed by atoms with Crippen molar-refractivity contribution < 1.29 is 4.52 Å². The average Bonchev–Trinajstić information content (AvgIpc) is 1.61. The maximum absolute atomic E-state index is 8.29. The van der Waals surface area contributed by atoms with Gasteiger partial charge >= 0.3 is 0 Å². The van der Waals surface area contributed by atoms with Gasteiger partial charge in [-0.05, 0) is 17.7 Å². The van der Waals surface area contributed by atoms with Crippen molar-refractivity contribution in [2.75, 3.05) is 6.61 Å². The van der Waals surface area contributed by atoms with E-state index in [1.54, 1.807) is 0 Å². The zero-order chi connectivity index (χ0) is 5.70. The Bertz CT molecular complexity index is 96.8. The molecule has 0 aliphatic rings. The molecule has 2 nitrogen and oxygen atoms in total. The first-order chi connectivity index (χ1) is 3.27. The van der Waals surface area contributed by atoms with Crippen molar-refractivity contribution >= 4 is 18.4 Å². The lowest BCUT2D eigenvalue weighted by Gasteiger charge is -1.87. The normalized spacial score (nSPS) is 11.3. The molecule has 0 aromatic heterocycles. The standard InChI is InChI=1S/C3H7ClNOP/c1-2-3-6-7(4)5/h2-3H2,1H3. The molecule has 4 heteroatoms. The fraction of sp³-hybridized carbons (Fsp3) is 1.00. The Labute approximate surface area is 48.6 Å². The molecule has 0 amide bonds. The zero-order valence-corrected chi connectivity index (χ0v) is 5.75. The maximum Gasteiger partial charge on any atom is 0.284 e. The van der Waals surface area contributed by atoms with Gasteiger partial charge in [-0.2, -0.15) is 5.00 Å². The van der Waals surface area contributed by atoms with E-state index in [-0.39, 0.29) is 0 Å². The summed E-state index contributed by atoms with van der Waals surface area (Å²) >= 11 is 5.05. The third kappa shape index (κ3) is 6.26. The van der Waals surface area contributed by atoms with Crippen LogP contribution in [0.5, 0.6) is 0 Å². The highest BCUT2D eigenvalue weighted by atomic mass is 35.7. The van der Waals surface area contributed by atoms with Crippen LogP contribution < -0.4 is 0 Å². The van der Waals surface area contributed by atoms with E-state index in [1.807, 2.05) is 6.92 Å². The van der Waals surface area contributed by atoms with Crippen LogP contribution in [0.1, 0.15) is 13.3 Å². The minimum Gasteiger partial charge on any atom is -0.297 e. The molecule has 0 aliphatic heterocycles. The van der Waals surface area contributed by atoms with Crippen molar-refractivity contribution in [1.29, 1.82) is 5.00 Å². The quantitative estimate of drug-likeness (QED) is 0.551. The van der Waals surface area contributed by atoms with Crippen molar-refractivity contribution in [3.05, 3.63) is 0 Å². The molecule has 0 bridgehead atoms. The number of hydrogen-bond acceptors (Lipinski definition) is 2. The lowest BCUT2D eigenvalue weighted by atomic mass is 10.5.